The van der Waals surface area contributed by atoms with Gasteiger partial charge in [0.1, 0.15) is 5.75 Å². The number of hydrogen-bond donors (Lipinski definition) is 1. The fraction of sp³-hybridized carbons (Fsp3) is 0.412. The number of ether oxygens (including phenoxy) is 1. The van der Waals surface area contributed by atoms with Crippen molar-refractivity contribution < 1.29 is 4.74 Å². The molecule has 2 aromatic rings. The van der Waals surface area contributed by atoms with Crippen LogP contribution in [-0.4, -0.2) is 43.3 Å². The highest BCUT2D eigenvalue weighted by molar-refractivity contribution is 5.33. The topological polar surface area (TPSA) is 50.3 Å². The second kappa shape index (κ2) is 7.22. The van der Waals surface area contributed by atoms with E-state index < -0.39 is 0 Å². The predicted octanol–water partition coefficient (Wildman–Crippen LogP) is 1.88. The summed E-state index contributed by atoms with van der Waals surface area (Å²) in [6.07, 6.45) is 5.85. The van der Waals surface area contributed by atoms with Gasteiger partial charge in [0.05, 0.1) is 7.11 Å². The highest BCUT2D eigenvalue weighted by atomic mass is 16.5. The molecule has 0 radical (unpaired) electrons. The second-order valence-electron chi connectivity index (χ2n) is 5.51. The maximum Gasteiger partial charge on any atom is 0.225 e. The van der Waals surface area contributed by atoms with Crippen molar-refractivity contribution in [2.24, 2.45) is 0 Å². The first-order valence-electron chi connectivity index (χ1n) is 7.74. The molecule has 0 amide bonds. The molecular formula is C17H22N4O. The number of hydrogen-bond acceptors (Lipinski definition) is 5. The van der Waals surface area contributed by atoms with Crippen LogP contribution in [-0.2, 0) is 6.42 Å². The molecule has 0 unspecified atom stereocenters. The maximum absolute atomic E-state index is 5.18. The molecule has 0 aliphatic carbocycles. The molecule has 1 aliphatic heterocycles. The zero-order valence-corrected chi connectivity index (χ0v) is 13.0. The minimum atomic E-state index is 0.835. The highest BCUT2D eigenvalue weighted by Gasteiger charge is 2.11. The standard InChI is InChI=1S/C17H22N4O/c1-22-16-5-3-14(4-6-16)11-15-12-19-17(20-13-15)21-9-2-7-18-8-10-21/h3-6,12-13,18H,2,7-11H2,1H3. The summed E-state index contributed by atoms with van der Waals surface area (Å²) in [6, 6.07) is 8.12. The van der Waals surface area contributed by atoms with Crippen molar-refractivity contribution in [3.05, 3.63) is 47.8 Å². The summed E-state index contributed by atoms with van der Waals surface area (Å²) in [6.45, 7) is 4.06. The number of rotatable bonds is 4. The summed E-state index contributed by atoms with van der Waals surface area (Å²) >= 11 is 0. The lowest BCUT2D eigenvalue weighted by Crippen LogP contribution is -2.29. The van der Waals surface area contributed by atoms with Crippen LogP contribution < -0.4 is 15.0 Å². The third-order valence-corrected chi connectivity index (χ3v) is 3.88. The van der Waals surface area contributed by atoms with Crippen LogP contribution in [0.25, 0.3) is 0 Å². The molecular weight excluding hydrogens is 276 g/mol. The largest absolute Gasteiger partial charge is 0.497 e. The number of nitrogens with one attached hydrogen (secondary N) is 1. The van der Waals surface area contributed by atoms with Gasteiger partial charge in [0.25, 0.3) is 0 Å². The van der Waals surface area contributed by atoms with Crippen LogP contribution in [0.2, 0.25) is 0 Å². The minimum absolute atomic E-state index is 0.835. The van der Waals surface area contributed by atoms with Crippen molar-refractivity contribution >= 4 is 5.95 Å². The van der Waals surface area contributed by atoms with Crippen molar-refractivity contribution in [3.8, 4) is 5.75 Å². The Morgan fingerprint density at radius 2 is 1.82 bits per heavy atom. The molecule has 3 rings (SSSR count). The summed E-state index contributed by atoms with van der Waals surface area (Å²) in [5, 5.41) is 3.39. The monoisotopic (exact) mass is 298 g/mol. The first-order chi connectivity index (χ1) is 10.8. The Morgan fingerprint density at radius 3 is 2.55 bits per heavy atom. The van der Waals surface area contributed by atoms with Gasteiger partial charge in [0, 0.05) is 38.4 Å². The third kappa shape index (κ3) is 3.74. The van der Waals surface area contributed by atoms with Gasteiger partial charge in [-0.25, -0.2) is 9.97 Å². The van der Waals surface area contributed by atoms with Crippen LogP contribution in [0, 0.1) is 0 Å². The van der Waals surface area contributed by atoms with Gasteiger partial charge in [-0.2, -0.15) is 0 Å². The Hall–Kier alpha value is -2.14. The van der Waals surface area contributed by atoms with E-state index in [2.05, 4.69) is 32.3 Å². The number of anilines is 1. The molecule has 22 heavy (non-hydrogen) atoms. The summed E-state index contributed by atoms with van der Waals surface area (Å²) in [4.78, 5) is 11.3. The Kier molecular flexibility index (Phi) is 4.85. The van der Waals surface area contributed by atoms with Crippen molar-refractivity contribution in [1.29, 1.82) is 0 Å². The van der Waals surface area contributed by atoms with E-state index in [0.29, 0.717) is 0 Å². The normalized spacial score (nSPS) is 15.4. The van der Waals surface area contributed by atoms with Gasteiger partial charge < -0.3 is 15.0 Å². The Morgan fingerprint density at radius 1 is 1.05 bits per heavy atom. The van der Waals surface area contributed by atoms with Crippen LogP contribution in [0.1, 0.15) is 17.5 Å². The molecule has 1 aromatic carbocycles. The SMILES string of the molecule is COc1ccc(Cc2cnc(N3CCCNCC3)nc2)cc1. The zero-order chi connectivity index (χ0) is 15.2. The van der Waals surface area contributed by atoms with Gasteiger partial charge in [-0.1, -0.05) is 12.1 Å². The van der Waals surface area contributed by atoms with Crippen LogP contribution in [0.5, 0.6) is 5.75 Å². The zero-order valence-electron chi connectivity index (χ0n) is 13.0. The van der Waals surface area contributed by atoms with Crippen molar-refractivity contribution in [1.82, 2.24) is 15.3 Å². The van der Waals surface area contributed by atoms with E-state index >= 15 is 0 Å². The van der Waals surface area contributed by atoms with E-state index in [4.69, 9.17) is 4.74 Å². The molecule has 1 aliphatic rings. The van der Waals surface area contributed by atoms with Crippen molar-refractivity contribution in [2.75, 3.05) is 38.2 Å². The third-order valence-electron chi connectivity index (χ3n) is 3.88. The van der Waals surface area contributed by atoms with Crippen molar-refractivity contribution in [3.63, 3.8) is 0 Å². The van der Waals surface area contributed by atoms with Gasteiger partial charge in [0.2, 0.25) is 5.95 Å². The fourth-order valence-electron chi connectivity index (χ4n) is 2.63. The molecule has 1 aromatic heterocycles. The molecule has 0 bridgehead atoms. The molecule has 2 heterocycles. The average molecular weight is 298 g/mol. The quantitative estimate of drug-likeness (QED) is 0.934. The van der Waals surface area contributed by atoms with Gasteiger partial charge in [0.15, 0.2) is 0 Å². The molecule has 5 heteroatoms. The molecule has 1 saturated heterocycles. The van der Waals surface area contributed by atoms with Gasteiger partial charge in [-0.3, -0.25) is 0 Å². The molecule has 0 spiro atoms. The lowest BCUT2D eigenvalue weighted by molar-refractivity contribution is 0.414. The number of methoxy groups -OCH3 is 1. The first-order valence-corrected chi connectivity index (χ1v) is 7.74. The van der Waals surface area contributed by atoms with Gasteiger partial charge in [-0.05, 0) is 36.2 Å². The van der Waals surface area contributed by atoms with E-state index in [-0.39, 0.29) is 0 Å². The van der Waals surface area contributed by atoms with E-state index in [9.17, 15) is 0 Å². The van der Waals surface area contributed by atoms with E-state index in [0.717, 1.165) is 56.3 Å². The first kappa shape index (κ1) is 14.8. The lowest BCUT2D eigenvalue weighted by Gasteiger charge is -2.19. The molecule has 1 N–H and O–H groups in total. The average Bonchev–Trinajstić information content (AvgIpc) is 2.86. The maximum atomic E-state index is 5.18. The molecule has 0 atom stereocenters. The Bertz CT molecular complexity index is 575. The minimum Gasteiger partial charge on any atom is -0.497 e. The van der Waals surface area contributed by atoms with E-state index in [1.54, 1.807) is 7.11 Å². The predicted molar refractivity (Wildman–Crippen MR) is 87.5 cm³/mol. The smallest absolute Gasteiger partial charge is 0.225 e. The second-order valence-corrected chi connectivity index (χ2v) is 5.51. The summed E-state index contributed by atoms with van der Waals surface area (Å²) in [7, 11) is 1.68. The van der Waals surface area contributed by atoms with E-state index in [1.807, 2.05) is 24.5 Å². The number of benzene rings is 1. The summed E-state index contributed by atoms with van der Waals surface area (Å²) in [5.74, 6) is 1.72. The molecule has 116 valence electrons. The van der Waals surface area contributed by atoms with Crippen LogP contribution in [0.3, 0.4) is 0 Å². The summed E-state index contributed by atoms with van der Waals surface area (Å²) < 4.78 is 5.18. The van der Waals surface area contributed by atoms with Gasteiger partial charge in [-0.15, -0.1) is 0 Å². The molecule has 5 nitrogen and oxygen atoms in total. The summed E-state index contributed by atoms with van der Waals surface area (Å²) in [5.41, 5.74) is 2.36. The van der Waals surface area contributed by atoms with Crippen molar-refractivity contribution in [2.45, 2.75) is 12.8 Å². The van der Waals surface area contributed by atoms with E-state index in [1.165, 1.54) is 5.56 Å². The Balaban J connectivity index is 1.65. The van der Waals surface area contributed by atoms with Crippen LogP contribution in [0.4, 0.5) is 5.95 Å². The number of nitrogens with zero attached hydrogens (tertiary/aromatic N) is 3. The number of aromatic nitrogens is 2. The van der Waals surface area contributed by atoms with Crippen LogP contribution in [0.15, 0.2) is 36.7 Å². The molecule has 1 fully saturated rings. The fourth-order valence-corrected chi connectivity index (χ4v) is 2.63. The Labute approximate surface area is 131 Å². The van der Waals surface area contributed by atoms with Gasteiger partial charge >= 0.3 is 0 Å². The van der Waals surface area contributed by atoms with Crippen LogP contribution >= 0.6 is 0 Å². The lowest BCUT2D eigenvalue weighted by atomic mass is 10.1. The highest BCUT2D eigenvalue weighted by Crippen LogP contribution is 2.15. The molecule has 0 saturated carbocycles.